The zero-order chi connectivity index (χ0) is 9.03. The summed E-state index contributed by atoms with van der Waals surface area (Å²) in [6, 6.07) is 0. The lowest BCUT2D eigenvalue weighted by Gasteiger charge is -2.20. The number of hydrogen-bond acceptors (Lipinski definition) is 3. The standard InChI is InChI=1S/C8H15N3O/c1-8(2,6-12)4-3-7-5-9-11-10-7/h5,12H,3-4,6H2,1-2H3,(H,9,10,11). The number of hydrogen-bond donors (Lipinski definition) is 2. The molecule has 0 aromatic carbocycles. The third-order valence-electron chi connectivity index (χ3n) is 1.95. The van der Waals surface area contributed by atoms with E-state index in [0.29, 0.717) is 0 Å². The Hall–Kier alpha value is -0.900. The second-order valence-corrected chi connectivity index (χ2v) is 3.79. The average molecular weight is 169 g/mol. The summed E-state index contributed by atoms with van der Waals surface area (Å²) >= 11 is 0. The predicted molar refractivity (Wildman–Crippen MR) is 45.6 cm³/mol. The van der Waals surface area contributed by atoms with Gasteiger partial charge in [-0.3, -0.25) is 5.10 Å². The van der Waals surface area contributed by atoms with Crippen LogP contribution in [0.5, 0.6) is 0 Å². The molecule has 0 spiro atoms. The number of aromatic amines is 1. The van der Waals surface area contributed by atoms with Crippen LogP contribution in [0.15, 0.2) is 6.20 Å². The van der Waals surface area contributed by atoms with Gasteiger partial charge in [0.2, 0.25) is 0 Å². The number of H-pyrrole nitrogens is 1. The van der Waals surface area contributed by atoms with Crippen LogP contribution in [0.4, 0.5) is 0 Å². The Bertz CT molecular complexity index is 218. The molecule has 0 saturated carbocycles. The molecule has 0 bridgehead atoms. The van der Waals surface area contributed by atoms with Gasteiger partial charge in [0.1, 0.15) is 0 Å². The molecule has 0 aliphatic rings. The summed E-state index contributed by atoms with van der Waals surface area (Å²) in [4.78, 5) is 0. The van der Waals surface area contributed by atoms with Gasteiger partial charge in [0.25, 0.3) is 0 Å². The Kier molecular flexibility index (Phi) is 2.81. The highest BCUT2D eigenvalue weighted by Crippen LogP contribution is 2.20. The van der Waals surface area contributed by atoms with E-state index in [2.05, 4.69) is 15.4 Å². The molecule has 0 fully saturated rings. The molecule has 4 heteroatoms. The Morgan fingerprint density at radius 1 is 1.58 bits per heavy atom. The lowest BCUT2D eigenvalue weighted by molar-refractivity contribution is 0.150. The summed E-state index contributed by atoms with van der Waals surface area (Å²) < 4.78 is 0. The Morgan fingerprint density at radius 3 is 2.83 bits per heavy atom. The predicted octanol–water partition coefficient (Wildman–Crippen LogP) is 0.756. The highest BCUT2D eigenvalue weighted by Gasteiger charge is 2.16. The molecule has 0 radical (unpaired) electrons. The van der Waals surface area contributed by atoms with Gasteiger partial charge in [-0.1, -0.05) is 19.1 Å². The van der Waals surface area contributed by atoms with Crippen molar-refractivity contribution < 1.29 is 5.11 Å². The first kappa shape index (κ1) is 9.19. The fraction of sp³-hybridized carbons (Fsp3) is 0.750. The fourth-order valence-electron chi connectivity index (χ4n) is 0.893. The molecular formula is C8H15N3O. The SMILES string of the molecule is CC(C)(CO)CCc1c[nH]nn1. The molecule has 0 unspecified atom stereocenters. The van der Waals surface area contributed by atoms with E-state index in [4.69, 9.17) is 5.11 Å². The van der Waals surface area contributed by atoms with E-state index in [1.165, 1.54) is 0 Å². The third-order valence-corrected chi connectivity index (χ3v) is 1.95. The number of aromatic nitrogens is 3. The van der Waals surface area contributed by atoms with Crippen molar-refractivity contribution in [3.05, 3.63) is 11.9 Å². The van der Waals surface area contributed by atoms with Gasteiger partial charge in [-0.2, -0.15) is 0 Å². The molecule has 1 heterocycles. The number of nitrogens with zero attached hydrogens (tertiary/aromatic N) is 2. The Morgan fingerprint density at radius 2 is 2.33 bits per heavy atom. The van der Waals surface area contributed by atoms with Gasteiger partial charge in [0.05, 0.1) is 5.69 Å². The molecule has 12 heavy (non-hydrogen) atoms. The van der Waals surface area contributed by atoms with Crippen LogP contribution in [-0.4, -0.2) is 27.1 Å². The summed E-state index contributed by atoms with van der Waals surface area (Å²) in [6.45, 7) is 4.28. The number of aliphatic hydroxyl groups is 1. The lowest BCUT2D eigenvalue weighted by Crippen LogP contribution is -2.17. The molecular weight excluding hydrogens is 154 g/mol. The monoisotopic (exact) mass is 169 g/mol. The maximum absolute atomic E-state index is 8.98. The molecule has 68 valence electrons. The van der Waals surface area contributed by atoms with Crippen LogP contribution in [0, 0.1) is 5.41 Å². The van der Waals surface area contributed by atoms with E-state index in [1.54, 1.807) is 6.20 Å². The van der Waals surface area contributed by atoms with Gasteiger partial charge >= 0.3 is 0 Å². The normalized spacial score (nSPS) is 11.9. The highest BCUT2D eigenvalue weighted by atomic mass is 16.3. The van der Waals surface area contributed by atoms with E-state index < -0.39 is 0 Å². The van der Waals surface area contributed by atoms with E-state index in [0.717, 1.165) is 18.5 Å². The van der Waals surface area contributed by atoms with Crippen LogP contribution in [0.2, 0.25) is 0 Å². The first-order valence-corrected chi connectivity index (χ1v) is 4.10. The Balaban J connectivity index is 2.36. The second kappa shape index (κ2) is 3.67. The highest BCUT2D eigenvalue weighted by molar-refractivity contribution is 4.91. The first-order chi connectivity index (χ1) is 5.64. The number of aliphatic hydroxyl groups excluding tert-OH is 1. The van der Waals surface area contributed by atoms with Crippen molar-refractivity contribution in [1.29, 1.82) is 0 Å². The van der Waals surface area contributed by atoms with Crippen molar-refractivity contribution in [2.24, 2.45) is 5.41 Å². The zero-order valence-corrected chi connectivity index (χ0v) is 7.54. The lowest BCUT2D eigenvalue weighted by atomic mass is 9.88. The minimum absolute atomic E-state index is 0.0149. The van der Waals surface area contributed by atoms with Gasteiger partial charge < -0.3 is 5.11 Å². The summed E-state index contributed by atoms with van der Waals surface area (Å²) in [6.07, 6.45) is 3.58. The van der Waals surface area contributed by atoms with Crippen molar-refractivity contribution in [2.45, 2.75) is 26.7 Å². The van der Waals surface area contributed by atoms with Crippen LogP contribution < -0.4 is 0 Å². The summed E-state index contributed by atoms with van der Waals surface area (Å²) in [5.74, 6) is 0. The number of rotatable bonds is 4. The molecule has 4 nitrogen and oxygen atoms in total. The van der Waals surface area contributed by atoms with Crippen molar-refractivity contribution in [1.82, 2.24) is 15.4 Å². The van der Waals surface area contributed by atoms with E-state index in [1.807, 2.05) is 13.8 Å². The molecule has 1 aromatic rings. The second-order valence-electron chi connectivity index (χ2n) is 3.79. The van der Waals surface area contributed by atoms with E-state index >= 15 is 0 Å². The molecule has 0 aliphatic carbocycles. The van der Waals surface area contributed by atoms with Crippen LogP contribution in [0.25, 0.3) is 0 Å². The molecule has 0 amide bonds. The van der Waals surface area contributed by atoms with Crippen LogP contribution >= 0.6 is 0 Å². The van der Waals surface area contributed by atoms with Crippen molar-refractivity contribution in [2.75, 3.05) is 6.61 Å². The van der Waals surface area contributed by atoms with Crippen molar-refractivity contribution >= 4 is 0 Å². The molecule has 1 aromatic heterocycles. The maximum atomic E-state index is 8.98. The van der Waals surface area contributed by atoms with Gasteiger partial charge in [0.15, 0.2) is 0 Å². The van der Waals surface area contributed by atoms with Crippen molar-refractivity contribution in [3.8, 4) is 0 Å². The molecule has 0 saturated heterocycles. The van der Waals surface area contributed by atoms with E-state index in [9.17, 15) is 0 Å². The number of nitrogens with one attached hydrogen (secondary N) is 1. The molecule has 0 atom stereocenters. The smallest absolute Gasteiger partial charge is 0.0824 e. The van der Waals surface area contributed by atoms with E-state index in [-0.39, 0.29) is 12.0 Å². The van der Waals surface area contributed by atoms with Gasteiger partial charge in [-0.05, 0) is 18.3 Å². The van der Waals surface area contributed by atoms with Gasteiger partial charge in [-0.25, -0.2) is 0 Å². The molecule has 1 rings (SSSR count). The van der Waals surface area contributed by atoms with Crippen LogP contribution in [0.1, 0.15) is 26.0 Å². The topological polar surface area (TPSA) is 61.8 Å². The van der Waals surface area contributed by atoms with Gasteiger partial charge in [-0.15, -0.1) is 5.10 Å². The molecule has 2 N–H and O–H groups in total. The first-order valence-electron chi connectivity index (χ1n) is 4.10. The minimum Gasteiger partial charge on any atom is -0.396 e. The third kappa shape index (κ3) is 2.62. The van der Waals surface area contributed by atoms with Crippen LogP contribution in [0.3, 0.4) is 0 Å². The average Bonchev–Trinajstić information content (AvgIpc) is 2.53. The number of aryl methyl sites for hydroxylation is 1. The van der Waals surface area contributed by atoms with Crippen molar-refractivity contribution in [3.63, 3.8) is 0 Å². The zero-order valence-electron chi connectivity index (χ0n) is 7.54. The maximum Gasteiger partial charge on any atom is 0.0824 e. The van der Waals surface area contributed by atoms with Crippen LogP contribution in [-0.2, 0) is 6.42 Å². The molecule has 0 aliphatic heterocycles. The van der Waals surface area contributed by atoms with Gasteiger partial charge in [0, 0.05) is 12.8 Å². The Labute approximate surface area is 72.0 Å². The minimum atomic E-state index is -0.0149. The summed E-state index contributed by atoms with van der Waals surface area (Å²) in [5.41, 5.74) is 0.940. The quantitative estimate of drug-likeness (QED) is 0.699. The fourth-order valence-corrected chi connectivity index (χ4v) is 0.893. The largest absolute Gasteiger partial charge is 0.396 e. The summed E-state index contributed by atoms with van der Waals surface area (Å²) in [7, 11) is 0. The summed E-state index contributed by atoms with van der Waals surface area (Å²) in [5, 5.41) is 19.1.